The number of rotatable bonds is 9. The molecule has 8 nitrogen and oxygen atoms in total. The van der Waals surface area contributed by atoms with E-state index in [1.165, 1.54) is 34.6 Å². The molecule has 0 saturated carbocycles. The normalized spacial score (nSPS) is 13.5. The van der Waals surface area contributed by atoms with Crippen molar-refractivity contribution in [2.45, 2.75) is 11.3 Å². The summed E-state index contributed by atoms with van der Waals surface area (Å²) in [5.74, 6) is 4.00. The molecule has 0 aliphatic heterocycles. The number of halogens is 3. The third kappa shape index (κ3) is 5.89. The summed E-state index contributed by atoms with van der Waals surface area (Å²) in [5.41, 5.74) is 0.891. The number of fused-ring (bicyclic) bond motifs is 1. The molecule has 2 heterocycles. The van der Waals surface area contributed by atoms with Crippen LogP contribution in [0.2, 0.25) is 0 Å². The quantitative estimate of drug-likeness (QED) is 0.325. The van der Waals surface area contributed by atoms with Crippen LogP contribution in [-0.4, -0.2) is 62.5 Å². The molecule has 1 unspecified atom stereocenters. The van der Waals surface area contributed by atoms with Gasteiger partial charge in [0.05, 0.1) is 14.6 Å². The summed E-state index contributed by atoms with van der Waals surface area (Å²) < 4.78 is 63.6. The number of hydrogen-bond acceptors (Lipinski definition) is 7. The molecule has 0 radical (unpaired) electrons. The van der Waals surface area contributed by atoms with E-state index >= 15 is 0 Å². The minimum atomic E-state index is -4.95. The number of aromatic nitrogens is 3. The highest BCUT2D eigenvalue weighted by Gasteiger charge is 2.33. The highest BCUT2D eigenvalue weighted by molar-refractivity contribution is 7.99. The molecule has 0 aliphatic rings. The van der Waals surface area contributed by atoms with Crippen LogP contribution in [0.5, 0.6) is 11.5 Å². The monoisotopic (exact) mass is 519 g/mol. The maximum absolute atomic E-state index is 13.7. The van der Waals surface area contributed by atoms with Gasteiger partial charge in [-0.15, -0.1) is 13.2 Å². The second-order valence-electron chi connectivity index (χ2n) is 8.05. The fraction of sp³-hybridized carbons (Fsp3) is 0.208. The average Bonchev–Trinajstić information content (AvgIpc) is 3.22. The Labute approximate surface area is 206 Å². The predicted octanol–water partition coefficient (Wildman–Crippen LogP) is 4.55. The van der Waals surface area contributed by atoms with Crippen molar-refractivity contribution in [2.24, 2.45) is 0 Å². The van der Waals surface area contributed by atoms with Gasteiger partial charge in [-0.1, -0.05) is 18.2 Å². The van der Waals surface area contributed by atoms with E-state index in [2.05, 4.69) is 25.9 Å². The lowest BCUT2D eigenvalue weighted by atomic mass is 10.3. The van der Waals surface area contributed by atoms with Crippen LogP contribution in [-0.2, 0) is 9.71 Å². The van der Waals surface area contributed by atoms with E-state index in [1.54, 1.807) is 18.2 Å². The molecule has 2 aromatic carbocycles. The summed E-state index contributed by atoms with van der Waals surface area (Å²) in [4.78, 5) is 10.5. The molecule has 0 bridgehead atoms. The number of anilines is 2. The minimum absolute atomic E-state index is 0.197. The van der Waals surface area contributed by atoms with Gasteiger partial charge in [0.1, 0.15) is 18.1 Å². The smallest absolute Gasteiger partial charge is 0.492 e. The van der Waals surface area contributed by atoms with E-state index in [4.69, 9.17) is 4.74 Å². The largest absolute Gasteiger partial charge is 0.573 e. The summed E-state index contributed by atoms with van der Waals surface area (Å²) in [5, 5.41) is 3.61. The van der Waals surface area contributed by atoms with Crippen LogP contribution in [0.15, 0.2) is 71.9 Å². The number of benzene rings is 2. The number of ether oxygens (including phenoxy) is 2. The van der Waals surface area contributed by atoms with Crippen LogP contribution < -0.4 is 14.8 Å². The zero-order chi connectivity index (χ0) is 25.9. The summed E-state index contributed by atoms with van der Waals surface area (Å²) >= 11 is 0. The summed E-state index contributed by atoms with van der Waals surface area (Å²) in [7, 11) is 0.421. The Hall–Kier alpha value is -3.77. The molecular formula is C24H24F3N5O3S. The molecule has 190 valence electrons. The lowest BCUT2D eigenvalue weighted by molar-refractivity contribution is -0.275. The van der Waals surface area contributed by atoms with E-state index in [0.717, 1.165) is 12.6 Å². The summed E-state index contributed by atoms with van der Waals surface area (Å²) in [6, 6.07) is 14.0. The van der Waals surface area contributed by atoms with Crippen molar-refractivity contribution in [2.75, 3.05) is 32.6 Å². The molecule has 12 heteroatoms. The molecule has 0 aliphatic carbocycles. The molecule has 0 amide bonds. The number of hydrogen-bond donors (Lipinski definition) is 1. The second kappa shape index (κ2) is 10.1. The van der Waals surface area contributed by atoms with E-state index in [9.17, 15) is 17.4 Å². The van der Waals surface area contributed by atoms with Gasteiger partial charge < -0.3 is 19.7 Å². The van der Waals surface area contributed by atoms with Gasteiger partial charge in [-0.2, -0.15) is 4.98 Å². The number of nitrogens with one attached hydrogen (secondary N) is 1. The number of nitrogens with zero attached hydrogens (tertiary/aromatic N) is 4. The molecular weight excluding hydrogens is 495 g/mol. The van der Waals surface area contributed by atoms with Crippen LogP contribution in [0.25, 0.3) is 11.0 Å². The summed E-state index contributed by atoms with van der Waals surface area (Å²) in [6.45, 7) is 1.28. The van der Waals surface area contributed by atoms with Crippen molar-refractivity contribution < 1.29 is 26.9 Å². The summed E-state index contributed by atoms with van der Waals surface area (Å²) in [6.07, 6.45) is -1.98. The molecule has 1 N–H and O–H groups in total. The molecule has 0 fully saturated rings. The van der Waals surface area contributed by atoms with Crippen molar-refractivity contribution in [3.63, 3.8) is 0 Å². The van der Waals surface area contributed by atoms with E-state index in [1.807, 2.05) is 31.1 Å². The second-order valence-corrected chi connectivity index (χ2v) is 10.2. The van der Waals surface area contributed by atoms with Gasteiger partial charge in [-0.3, -0.25) is 3.97 Å². The SMILES string of the molecule is C=S(=O)(c1ccccc1OC(F)(F)F)n1ccc2cnc(Nc3cccc(OCCN(C)C)c3)nc21. The lowest BCUT2D eigenvalue weighted by Gasteiger charge is -2.17. The fourth-order valence-corrected chi connectivity index (χ4v) is 4.97. The zero-order valence-electron chi connectivity index (χ0n) is 19.5. The van der Waals surface area contributed by atoms with Crippen molar-refractivity contribution >= 4 is 38.2 Å². The Bertz CT molecular complexity index is 1470. The Morgan fingerprint density at radius 2 is 1.92 bits per heavy atom. The minimum Gasteiger partial charge on any atom is -0.492 e. The fourth-order valence-electron chi connectivity index (χ4n) is 3.36. The Balaban J connectivity index is 1.64. The van der Waals surface area contributed by atoms with Gasteiger partial charge in [0.25, 0.3) is 0 Å². The van der Waals surface area contributed by atoms with Gasteiger partial charge >= 0.3 is 6.36 Å². The first kappa shape index (κ1) is 25.3. The number of alkyl halides is 3. The standard InChI is InChI=1S/C24H24F3N5O3S/c1-31(2)13-14-34-19-8-6-7-18(15-19)29-23-28-16-17-11-12-32(22(17)30-23)36(3,33)21-10-5-4-9-20(21)35-24(25,26)27/h4-12,15-16H,3,13-14H2,1-2H3,(H,28,29,30). The molecule has 2 aromatic heterocycles. The van der Waals surface area contributed by atoms with E-state index in [0.29, 0.717) is 23.4 Å². The van der Waals surface area contributed by atoms with Gasteiger partial charge in [0.2, 0.25) is 5.95 Å². The van der Waals surface area contributed by atoms with Crippen LogP contribution in [0.1, 0.15) is 0 Å². The molecule has 0 saturated heterocycles. The Kier molecular flexibility index (Phi) is 7.09. The van der Waals surface area contributed by atoms with E-state index in [-0.39, 0.29) is 16.5 Å². The third-order valence-corrected chi connectivity index (χ3v) is 6.98. The van der Waals surface area contributed by atoms with Crippen LogP contribution in [0, 0.1) is 0 Å². The lowest BCUT2D eigenvalue weighted by Crippen LogP contribution is -2.20. The molecule has 1 atom stereocenters. The van der Waals surface area contributed by atoms with Crippen molar-refractivity contribution in [1.82, 2.24) is 18.8 Å². The zero-order valence-corrected chi connectivity index (χ0v) is 20.3. The van der Waals surface area contributed by atoms with Gasteiger partial charge in [-0.05, 0) is 50.3 Å². The Morgan fingerprint density at radius 3 is 2.67 bits per heavy atom. The number of likely N-dealkylation sites (N-methyl/N-ethyl adjacent to an activating group) is 1. The molecule has 0 spiro atoms. The maximum Gasteiger partial charge on any atom is 0.573 e. The van der Waals surface area contributed by atoms with Crippen LogP contribution in [0.3, 0.4) is 0 Å². The topological polar surface area (TPSA) is 81.5 Å². The average molecular weight is 520 g/mol. The highest BCUT2D eigenvalue weighted by Crippen LogP contribution is 2.32. The third-order valence-electron chi connectivity index (χ3n) is 5.03. The van der Waals surface area contributed by atoms with Crippen molar-refractivity contribution in [1.29, 1.82) is 0 Å². The van der Waals surface area contributed by atoms with Crippen LogP contribution >= 0.6 is 0 Å². The molecule has 4 rings (SSSR count). The Morgan fingerprint density at radius 1 is 1.14 bits per heavy atom. The highest BCUT2D eigenvalue weighted by atomic mass is 32.2. The first-order valence-corrected chi connectivity index (χ1v) is 12.4. The first-order chi connectivity index (χ1) is 17.0. The van der Waals surface area contributed by atoms with Crippen LogP contribution in [0.4, 0.5) is 24.8 Å². The van der Waals surface area contributed by atoms with E-state index < -0.39 is 21.8 Å². The molecule has 4 aromatic rings. The van der Waals surface area contributed by atoms with Crippen molar-refractivity contribution in [3.8, 4) is 11.5 Å². The van der Waals surface area contributed by atoms with Gasteiger partial charge in [-0.25, -0.2) is 9.19 Å². The number of para-hydroxylation sites is 1. The maximum atomic E-state index is 13.7. The molecule has 36 heavy (non-hydrogen) atoms. The van der Waals surface area contributed by atoms with Gasteiger partial charge in [0.15, 0.2) is 5.65 Å². The predicted molar refractivity (Wildman–Crippen MR) is 133 cm³/mol. The van der Waals surface area contributed by atoms with Crippen molar-refractivity contribution in [3.05, 3.63) is 67.0 Å². The first-order valence-electron chi connectivity index (χ1n) is 10.7. The van der Waals surface area contributed by atoms with Gasteiger partial charge in [0, 0.05) is 36.1 Å².